The molecule has 19 heavy (non-hydrogen) atoms. The number of nitrogens with one attached hydrogen (secondary N) is 1. The summed E-state index contributed by atoms with van der Waals surface area (Å²) in [6.07, 6.45) is 0.464. The molecule has 2 aromatic rings. The second-order valence-corrected chi connectivity index (χ2v) is 4.15. The molecule has 0 atom stereocenters. The minimum Gasteiger partial charge on any atom is -0.326 e. The lowest BCUT2D eigenvalue weighted by atomic mass is 10.1. The van der Waals surface area contributed by atoms with E-state index in [0.717, 1.165) is 0 Å². The van der Waals surface area contributed by atoms with Gasteiger partial charge < -0.3 is 5.32 Å². The minimum absolute atomic E-state index is 0.150. The van der Waals surface area contributed by atoms with Crippen LogP contribution in [0.5, 0.6) is 0 Å². The summed E-state index contributed by atoms with van der Waals surface area (Å²) in [6.45, 7) is 0. The lowest BCUT2D eigenvalue weighted by Crippen LogP contribution is -2.12. The van der Waals surface area contributed by atoms with Crippen molar-refractivity contribution >= 4 is 11.6 Å². The molecule has 2 rings (SSSR count). The van der Waals surface area contributed by atoms with Crippen LogP contribution in [0.1, 0.15) is 12.0 Å². The van der Waals surface area contributed by atoms with Gasteiger partial charge in [0.05, 0.1) is 0 Å². The molecule has 0 aliphatic rings. The van der Waals surface area contributed by atoms with E-state index in [9.17, 15) is 13.6 Å². The van der Waals surface area contributed by atoms with E-state index in [4.69, 9.17) is 0 Å². The quantitative estimate of drug-likeness (QED) is 0.896. The first kappa shape index (κ1) is 13.2. The number of rotatable bonds is 4. The van der Waals surface area contributed by atoms with E-state index in [2.05, 4.69) is 5.32 Å². The maximum Gasteiger partial charge on any atom is 0.224 e. The Morgan fingerprint density at radius 2 is 1.84 bits per heavy atom. The highest BCUT2D eigenvalue weighted by molar-refractivity contribution is 5.90. The van der Waals surface area contributed by atoms with Crippen molar-refractivity contribution in [1.82, 2.24) is 0 Å². The zero-order valence-electron chi connectivity index (χ0n) is 10.2. The number of carbonyl (C=O) groups is 1. The Hall–Kier alpha value is -2.23. The van der Waals surface area contributed by atoms with Crippen LogP contribution in [0.15, 0.2) is 48.5 Å². The van der Waals surface area contributed by atoms with E-state index < -0.39 is 5.82 Å². The molecular formula is C15H13F2NO. The van der Waals surface area contributed by atoms with Crippen LogP contribution in [0, 0.1) is 11.6 Å². The van der Waals surface area contributed by atoms with Crippen molar-refractivity contribution in [1.29, 1.82) is 0 Å². The highest BCUT2D eigenvalue weighted by Gasteiger charge is 2.06. The molecule has 0 bridgehead atoms. The van der Waals surface area contributed by atoms with Gasteiger partial charge in [0.25, 0.3) is 0 Å². The van der Waals surface area contributed by atoms with Gasteiger partial charge in [-0.05, 0) is 36.2 Å². The minimum atomic E-state index is -0.410. The smallest absolute Gasteiger partial charge is 0.224 e. The molecule has 4 heteroatoms. The summed E-state index contributed by atoms with van der Waals surface area (Å²) >= 11 is 0. The van der Waals surface area contributed by atoms with Crippen LogP contribution in [0.4, 0.5) is 14.5 Å². The molecule has 0 fully saturated rings. The van der Waals surface area contributed by atoms with Crippen LogP contribution in [-0.2, 0) is 11.2 Å². The first-order valence-corrected chi connectivity index (χ1v) is 5.94. The standard InChI is InChI=1S/C15H13F2NO/c16-12-5-3-6-13(10-12)18-15(19)9-8-11-4-1-2-7-14(11)17/h1-7,10H,8-9H2,(H,18,19). The van der Waals surface area contributed by atoms with Gasteiger partial charge in [0.1, 0.15) is 11.6 Å². The fourth-order valence-corrected chi connectivity index (χ4v) is 1.74. The predicted molar refractivity (Wildman–Crippen MR) is 69.8 cm³/mol. The van der Waals surface area contributed by atoms with Crippen molar-refractivity contribution < 1.29 is 13.6 Å². The molecule has 0 aromatic heterocycles. The summed E-state index contributed by atoms with van der Waals surface area (Å²) in [5.74, 6) is -0.998. The molecule has 0 spiro atoms. The first-order valence-electron chi connectivity index (χ1n) is 5.94. The van der Waals surface area contributed by atoms with Crippen LogP contribution >= 0.6 is 0 Å². The number of hydrogen-bond acceptors (Lipinski definition) is 1. The predicted octanol–water partition coefficient (Wildman–Crippen LogP) is 3.54. The van der Waals surface area contributed by atoms with Gasteiger partial charge in [0, 0.05) is 12.1 Å². The van der Waals surface area contributed by atoms with Crippen LogP contribution in [-0.4, -0.2) is 5.91 Å². The Morgan fingerprint density at radius 1 is 1.05 bits per heavy atom. The van der Waals surface area contributed by atoms with Crippen molar-refractivity contribution in [3.05, 3.63) is 65.7 Å². The van der Waals surface area contributed by atoms with E-state index in [-0.39, 0.29) is 18.1 Å². The maximum absolute atomic E-state index is 13.3. The molecule has 98 valence electrons. The number of aryl methyl sites for hydroxylation is 1. The fraction of sp³-hybridized carbons (Fsp3) is 0.133. The molecule has 0 saturated carbocycles. The lowest BCUT2D eigenvalue weighted by Gasteiger charge is -2.06. The third-order valence-electron chi connectivity index (χ3n) is 2.69. The molecule has 0 aliphatic carbocycles. The van der Waals surface area contributed by atoms with Crippen LogP contribution in [0.3, 0.4) is 0 Å². The van der Waals surface area contributed by atoms with Crippen LogP contribution in [0.25, 0.3) is 0 Å². The van der Waals surface area contributed by atoms with E-state index >= 15 is 0 Å². The first-order chi connectivity index (χ1) is 9.15. The number of halogens is 2. The molecule has 0 saturated heterocycles. The van der Waals surface area contributed by atoms with Gasteiger partial charge in [-0.1, -0.05) is 24.3 Å². The summed E-state index contributed by atoms with van der Waals surface area (Å²) in [5.41, 5.74) is 0.899. The van der Waals surface area contributed by atoms with Crippen LogP contribution < -0.4 is 5.32 Å². The highest BCUT2D eigenvalue weighted by atomic mass is 19.1. The van der Waals surface area contributed by atoms with Gasteiger partial charge in [-0.15, -0.1) is 0 Å². The number of hydrogen-bond donors (Lipinski definition) is 1. The molecule has 0 unspecified atom stereocenters. The van der Waals surface area contributed by atoms with Gasteiger partial charge in [-0.3, -0.25) is 4.79 Å². The highest BCUT2D eigenvalue weighted by Crippen LogP contribution is 2.12. The van der Waals surface area contributed by atoms with Crippen molar-refractivity contribution in [2.45, 2.75) is 12.8 Å². The topological polar surface area (TPSA) is 29.1 Å². The van der Waals surface area contributed by atoms with E-state index in [0.29, 0.717) is 17.7 Å². The summed E-state index contributed by atoms with van der Waals surface area (Å²) in [7, 11) is 0. The summed E-state index contributed by atoms with van der Waals surface area (Å²) < 4.78 is 26.3. The third kappa shape index (κ3) is 3.88. The molecule has 2 aromatic carbocycles. The van der Waals surface area contributed by atoms with Crippen molar-refractivity contribution in [2.24, 2.45) is 0 Å². The van der Waals surface area contributed by atoms with Gasteiger partial charge >= 0.3 is 0 Å². The molecule has 0 aliphatic heterocycles. The normalized spacial score (nSPS) is 10.2. The van der Waals surface area contributed by atoms with E-state index in [1.165, 1.54) is 24.3 Å². The zero-order valence-corrected chi connectivity index (χ0v) is 10.2. The zero-order chi connectivity index (χ0) is 13.7. The Labute approximate surface area is 110 Å². The Balaban J connectivity index is 1.90. The van der Waals surface area contributed by atoms with Gasteiger partial charge in [-0.2, -0.15) is 0 Å². The molecule has 2 nitrogen and oxygen atoms in total. The van der Waals surface area contributed by atoms with Crippen molar-refractivity contribution in [2.75, 3.05) is 5.32 Å². The molecule has 1 N–H and O–H groups in total. The molecular weight excluding hydrogens is 248 g/mol. The lowest BCUT2D eigenvalue weighted by molar-refractivity contribution is -0.116. The summed E-state index contributed by atoms with van der Waals surface area (Å²) in [6, 6.07) is 12.0. The summed E-state index contributed by atoms with van der Waals surface area (Å²) in [4.78, 5) is 11.7. The number of anilines is 1. The molecule has 1 amide bonds. The second kappa shape index (κ2) is 6.09. The van der Waals surface area contributed by atoms with Gasteiger partial charge in [0.2, 0.25) is 5.91 Å². The van der Waals surface area contributed by atoms with Gasteiger partial charge in [0.15, 0.2) is 0 Å². The fourth-order valence-electron chi connectivity index (χ4n) is 1.74. The molecule has 0 heterocycles. The Kier molecular flexibility index (Phi) is 4.23. The number of amides is 1. The molecule has 0 radical (unpaired) electrons. The largest absolute Gasteiger partial charge is 0.326 e. The SMILES string of the molecule is O=C(CCc1ccccc1F)Nc1cccc(F)c1. The van der Waals surface area contributed by atoms with Gasteiger partial charge in [-0.25, -0.2) is 8.78 Å². The number of benzene rings is 2. The monoisotopic (exact) mass is 261 g/mol. The van der Waals surface area contributed by atoms with Crippen LogP contribution in [0.2, 0.25) is 0 Å². The second-order valence-electron chi connectivity index (χ2n) is 4.15. The summed E-state index contributed by atoms with van der Waals surface area (Å²) in [5, 5.41) is 2.57. The van der Waals surface area contributed by atoms with Crippen molar-refractivity contribution in [3.63, 3.8) is 0 Å². The number of carbonyl (C=O) groups excluding carboxylic acids is 1. The Bertz CT molecular complexity index is 584. The van der Waals surface area contributed by atoms with E-state index in [1.807, 2.05) is 0 Å². The van der Waals surface area contributed by atoms with Crippen molar-refractivity contribution in [3.8, 4) is 0 Å². The van der Waals surface area contributed by atoms with E-state index in [1.54, 1.807) is 24.3 Å². The average Bonchev–Trinajstić information content (AvgIpc) is 2.38. The Morgan fingerprint density at radius 3 is 2.58 bits per heavy atom. The average molecular weight is 261 g/mol. The maximum atomic E-state index is 13.3. The third-order valence-corrected chi connectivity index (χ3v) is 2.69.